The smallest absolute Gasteiger partial charge is 0.261 e. The molecular weight excluding hydrogens is 504 g/mol. The Morgan fingerprint density at radius 1 is 0.769 bits per heavy atom. The number of allylic oxidation sites excluding steroid dienone is 1. The number of carbonyl (C=O) groups is 1. The summed E-state index contributed by atoms with van der Waals surface area (Å²) in [4.78, 5) is 13.1. The van der Waals surface area contributed by atoms with Crippen LogP contribution in [0, 0.1) is 6.92 Å². The molecular formula is C33H28N2O3S. The van der Waals surface area contributed by atoms with E-state index in [0.29, 0.717) is 11.1 Å². The Morgan fingerprint density at radius 3 is 2.03 bits per heavy atom. The molecule has 0 saturated carbocycles. The van der Waals surface area contributed by atoms with E-state index in [4.69, 9.17) is 0 Å². The molecule has 0 aliphatic carbocycles. The summed E-state index contributed by atoms with van der Waals surface area (Å²) in [5.74, 6) is -0.114. The molecule has 0 atom stereocenters. The van der Waals surface area contributed by atoms with Gasteiger partial charge in [0.15, 0.2) is 5.78 Å². The third kappa shape index (κ3) is 5.47. The average molecular weight is 533 g/mol. The molecule has 1 N–H and O–H groups in total. The Bertz CT molecular complexity index is 1800. The van der Waals surface area contributed by atoms with Gasteiger partial charge in [0.05, 0.1) is 4.90 Å². The highest BCUT2D eigenvalue weighted by atomic mass is 32.2. The summed E-state index contributed by atoms with van der Waals surface area (Å²) in [7, 11) is -1.87. The van der Waals surface area contributed by atoms with Gasteiger partial charge in [-0.3, -0.25) is 9.52 Å². The minimum Gasteiger partial charge on any atom is -0.344 e. The molecule has 6 heteroatoms. The van der Waals surface area contributed by atoms with Crippen molar-refractivity contribution < 1.29 is 13.2 Å². The highest BCUT2D eigenvalue weighted by Crippen LogP contribution is 2.35. The molecule has 0 unspecified atom stereocenters. The number of carbonyl (C=O) groups excluding carboxylic acids is 1. The molecule has 0 saturated heterocycles. The second-order valence-corrected chi connectivity index (χ2v) is 11.0. The lowest BCUT2D eigenvalue weighted by atomic mass is 9.95. The standard InChI is InChI=1S/C33H28N2O3S/c1-24-17-19-27(20-18-24)39(37,38)34-23-29(25-11-5-3-6-12-25)33-28-15-9-10-16-30(28)35(2)31(33)21-22-32(36)26-13-7-4-8-14-26/h3-23,34H,1-2H3/b22-21+,29-23?. The predicted octanol–water partition coefficient (Wildman–Crippen LogP) is 6.75. The van der Waals surface area contributed by atoms with Crippen LogP contribution >= 0.6 is 0 Å². The maximum absolute atomic E-state index is 13.2. The summed E-state index contributed by atoms with van der Waals surface area (Å²) in [6.45, 7) is 1.91. The van der Waals surface area contributed by atoms with Gasteiger partial charge in [-0.2, -0.15) is 0 Å². The van der Waals surface area contributed by atoms with Crippen molar-refractivity contribution >= 4 is 38.4 Å². The van der Waals surface area contributed by atoms with Gasteiger partial charge in [0.25, 0.3) is 10.0 Å². The molecule has 0 bridgehead atoms. The van der Waals surface area contributed by atoms with Crippen LogP contribution in [-0.2, 0) is 17.1 Å². The van der Waals surface area contributed by atoms with Gasteiger partial charge in [-0.05, 0) is 42.8 Å². The molecule has 0 fully saturated rings. The van der Waals surface area contributed by atoms with E-state index >= 15 is 0 Å². The zero-order chi connectivity index (χ0) is 27.4. The molecule has 4 aromatic carbocycles. The number of sulfonamides is 1. The molecule has 5 aromatic rings. The summed E-state index contributed by atoms with van der Waals surface area (Å²) in [6.07, 6.45) is 4.91. The number of rotatable bonds is 8. The summed E-state index contributed by atoms with van der Waals surface area (Å²) in [6, 6.07) is 33.4. The van der Waals surface area contributed by atoms with Gasteiger partial charge in [0.1, 0.15) is 0 Å². The Labute approximate surface area is 228 Å². The normalized spacial score (nSPS) is 12.2. The van der Waals surface area contributed by atoms with Crippen molar-refractivity contribution in [1.82, 2.24) is 9.29 Å². The molecule has 0 spiro atoms. The number of hydrogen-bond donors (Lipinski definition) is 1. The number of aromatic nitrogens is 1. The van der Waals surface area contributed by atoms with Gasteiger partial charge >= 0.3 is 0 Å². The lowest BCUT2D eigenvalue weighted by Gasteiger charge is -2.12. The monoisotopic (exact) mass is 532 g/mol. The van der Waals surface area contributed by atoms with Crippen LogP contribution in [0.25, 0.3) is 22.6 Å². The molecule has 0 aliphatic heterocycles. The highest BCUT2D eigenvalue weighted by Gasteiger charge is 2.20. The van der Waals surface area contributed by atoms with E-state index in [1.54, 1.807) is 54.8 Å². The van der Waals surface area contributed by atoms with Gasteiger partial charge in [0, 0.05) is 46.5 Å². The van der Waals surface area contributed by atoms with Gasteiger partial charge in [0.2, 0.25) is 0 Å². The van der Waals surface area contributed by atoms with E-state index in [2.05, 4.69) is 4.72 Å². The van der Waals surface area contributed by atoms with Crippen molar-refractivity contribution in [3.8, 4) is 0 Å². The fourth-order valence-corrected chi connectivity index (χ4v) is 5.49. The van der Waals surface area contributed by atoms with Crippen LogP contribution in [0.15, 0.2) is 126 Å². The molecule has 0 radical (unpaired) electrons. The van der Waals surface area contributed by atoms with E-state index in [-0.39, 0.29) is 10.7 Å². The largest absolute Gasteiger partial charge is 0.344 e. The minimum absolute atomic E-state index is 0.114. The van der Waals surface area contributed by atoms with E-state index in [0.717, 1.165) is 33.3 Å². The van der Waals surface area contributed by atoms with Crippen molar-refractivity contribution in [3.63, 3.8) is 0 Å². The van der Waals surface area contributed by atoms with E-state index in [1.165, 1.54) is 0 Å². The topological polar surface area (TPSA) is 68.2 Å². The van der Waals surface area contributed by atoms with E-state index in [9.17, 15) is 13.2 Å². The Kier molecular flexibility index (Phi) is 7.30. The number of nitrogens with zero attached hydrogens (tertiary/aromatic N) is 1. The zero-order valence-corrected chi connectivity index (χ0v) is 22.5. The Balaban J connectivity index is 1.67. The number of nitrogens with one attached hydrogen (secondary N) is 1. The first-order valence-corrected chi connectivity index (χ1v) is 14.0. The van der Waals surface area contributed by atoms with Gasteiger partial charge in [-0.15, -0.1) is 0 Å². The van der Waals surface area contributed by atoms with Gasteiger partial charge in [-0.1, -0.05) is 96.6 Å². The maximum Gasteiger partial charge on any atom is 0.261 e. The Morgan fingerprint density at radius 2 is 1.36 bits per heavy atom. The summed E-state index contributed by atoms with van der Waals surface area (Å²) in [5.41, 5.74) is 5.67. The molecule has 1 heterocycles. The van der Waals surface area contributed by atoms with Gasteiger partial charge in [-0.25, -0.2) is 8.42 Å². The predicted molar refractivity (Wildman–Crippen MR) is 158 cm³/mol. The average Bonchev–Trinajstić information content (AvgIpc) is 3.24. The quantitative estimate of drug-likeness (QED) is 0.178. The maximum atomic E-state index is 13.2. The first-order chi connectivity index (χ1) is 18.8. The van der Waals surface area contributed by atoms with Gasteiger partial charge < -0.3 is 4.57 Å². The molecule has 0 amide bonds. The second kappa shape index (κ2) is 11.0. The zero-order valence-electron chi connectivity index (χ0n) is 21.7. The van der Waals surface area contributed by atoms with Crippen LogP contribution in [-0.4, -0.2) is 18.8 Å². The second-order valence-electron chi connectivity index (χ2n) is 9.26. The number of fused-ring (bicyclic) bond motifs is 1. The number of para-hydroxylation sites is 1. The van der Waals surface area contributed by atoms with E-state index in [1.807, 2.05) is 91.3 Å². The van der Waals surface area contributed by atoms with Crippen LogP contribution in [0.5, 0.6) is 0 Å². The van der Waals surface area contributed by atoms with Crippen LogP contribution < -0.4 is 4.72 Å². The highest BCUT2D eigenvalue weighted by molar-refractivity contribution is 7.89. The van der Waals surface area contributed by atoms with Crippen LogP contribution in [0.1, 0.15) is 32.7 Å². The SMILES string of the molecule is Cc1ccc(S(=O)(=O)NC=C(c2ccccc2)c2c(/C=C/C(=O)c3ccccc3)n(C)c3ccccc23)cc1. The Hall–Kier alpha value is -4.68. The molecule has 194 valence electrons. The van der Waals surface area contributed by atoms with Crippen LogP contribution in [0.4, 0.5) is 0 Å². The first kappa shape index (κ1) is 25.9. The number of benzene rings is 4. The minimum atomic E-state index is -3.81. The molecule has 5 rings (SSSR count). The van der Waals surface area contributed by atoms with Crippen molar-refractivity contribution in [2.75, 3.05) is 0 Å². The van der Waals surface area contributed by atoms with E-state index < -0.39 is 10.0 Å². The third-order valence-electron chi connectivity index (χ3n) is 6.65. The van der Waals surface area contributed by atoms with Crippen LogP contribution in [0.3, 0.4) is 0 Å². The number of hydrogen-bond acceptors (Lipinski definition) is 3. The van der Waals surface area contributed by atoms with Crippen molar-refractivity contribution in [1.29, 1.82) is 0 Å². The van der Waals surface area contributed by atoms with Crippen LogP contribution in [0.2, 0.25) is 0 Å². The first-order valence-electron chi connectivity index (χ1n) is 12.5. The molecule has 0 aliphatic rings. The van der Waals surface area contributed by atoms with Crippen molar-refractivity contribution in [2.45, 2.75) is 11.8 Å². The fourth-order valence-electron chi connectivity index (χ4n) is 4.58. The number of aryl methyl sites for hydroxylation is 2. The summed E-state index contributed by atoms with van der Waals surface area (Å²) >= 11 is 0. The summed E-state index contributed by atoms with van der Waals surface area (Å²) < 4.78 is 31.1. The van der Waals surface area contributed by atoms with Crippen molar-refractivity contribution in [3.05, 3.63) is 149 Å². The molecule has 39 heavy (non-hydrogen) atoms. The lowest BCUT2D eigenvalue weighted by Crippen LogP contribution is -2.18. The van der Waals surface area contributed by atoms with Crippen molar-refractivity contribution in [2.24, 2.45) is 7.05 Å². The molecule has 5 nitrogen and oxygen atoms in total. The third-order valence-corrected chi connectivity index (χ3v) is 7.97. The fraction of sp³-hybridized carbons (Fsp3) is 0.0606. The molecule has 1 aromatic heterocycles. The lowest BCUT2D eigenvalue weighted by molar-refractivity contribution is 0.104. The summed E-state index contributed by atoms with van der Waals surface area (Å²) in [5, 5.41) is 0.941. The number of ketones is 1.